The number of hydrogen-bond donors (Lipinski definition) is 0. The Bertz CT molecular complexity index is 1520. The fraction of sp³-hybridized carbons (Fsp3) is 0.281. The van der Waals surface area contributed by atoms with Crippen LogP contribution in [0.4, 0.5) is 0 Å². The highest BCUT2D eigenvalue weighted by molar-refractivity contribution is 7.98. The molecule has 5 aromatic rings. The minimum atomic E-state index is -0.482. The molecule has 0 spiro atoms. The lowest BCUT2D eigenvalue weighted by molar-refractivity contribution is -0.0898. The first-order valence-electron chi connectivity index (χ1n) is 13.6. The van der Waals surface area contributed by atoms with Crippen molar-refractivity contribution in [3.8, 4) is 0 Å². The summed E-state index contributed by atoms with van der Waals surface area (Å²) in [6, 6.07) is 30.4. The molecule has 0 saturated carbocycles. The zero-order valence-corrected chi connectivity index (χ0v) is 23.6. The SMILES string of the molecule is CSc1ncnn2c([C@@H]3O[C@H](COCc4ccccc4)[C@@H](OCc4ccccc4)[C@H]3OCc3ccccc3)cnc12. The van der Waals surface area contributed by atoms with E-state index < -0.39 is 18.3 Å². The minimum Gasteiger partial charge on any atom is -0.374 e. The van der Waals surface area contributed by atoms with Crippen LogP contribution in [0.3, 0.4) is 0 Å². The quantitative estimate of drug-likeness (QED) is 0.178. The molecule has 41 heavy (non-hydrogen) atoms. The summed E-state index contributed by atoms with van der Waals surface area (Å²) in [4.78, 5) is 9.02. The summed E-state index contributed by atoms with van der Waals surface area (Å²) in [5.41, 5.74) is 4.72. The standard InChI is InChI=1S/C32H32N4O4S/c1-41-32-31-33-17-26(36(31)35-22-34-32)28-30(39-20-25-15-9-4-10-16-25)29(38-19-24-13-7-3-8-14-24)27(40-28)21-37-18-23-11-5-2-6-12-23/h2-17,22,27-30H,18-21H2,1H3/t27-,28+,29-,30+/m1/s1. The van der Waals surface area contributed by atoms with Gasteiger partial charge in [0, 0.05) is 0 Å². The van der Waals surface area contributed by atoms with E-state index in [-0.39, 0.29) is 6.10 Å². The minimum absolute atomic E-state index is 0.345. The molecule has 2 aromatic heterocycles. The van der Waals surface area contributed by atoms with Crippen LogP contribution >= 0.6 is 11.8 Å². The van der Waals surface area contributed by atoms with Gasteiger partial charge in [-0.3, -0.25) is 0 Å². The maximum absolute atomic E-state index is 6.72. The van der Waals surface area contributed by atoms with Crippen molar-refractivity contribution in [3.05, 3.63) is 126 Å². The van der Waals surface area contributed by atoms with Gasteiger partial charge in [-0.15, -0.1) is 11.8 Å². The Kier molecular flexibility index (Phi) is 8.99. The van der Waals surface area contributed by atoms with Gasteiger partial charge in [-0.25, -0.2) is 14.5 Å². The third kappa shape index (κ3) is 6.50. The van der Waals surface area contributed by atoms with Gasteiger partial charge < -0.3 is 18.9 Å². The Labute approximate surface area is 243 Å². The molecule has 1 aliphatic rings. The van der Waals surface area contributed by atoms with Gasteiger partial charge in [-0.1, -0.05) is 91.0 Å². The zero-order chi connectivity index (χ0) is 27.9. The van der Waals surface area contributed by atoms with Crippen LogP contribution in [-0.2, 0) is 38.8 Å². The molecular formula is C32H32N4O4S. The van der Waals surface area contributed by atoms with Gasteiger partial charge >= 0.3 is 0 Å². The summed E-state index contributed by atoms with van der Waals surface area (Å²) in [5.74, 6) is 0. The molecule has 6 rings (SSSR count). The van der Waals surface area contributed by atoms with E-state index in [2.05, 4.69) is 51.5 Å². The van der Waals surface area contributed by atoms with E-state index in [1.807, 2.05) is 60.9 Å². The van der Waals surface area contributed by atoms with Crippen LogP contribution in [0, 0.1) is 0 Å². The monoisotopic (exact) mass is 568 g/mol. The number of hydrogen-bond acceptors (Lipinski definition) is 8. The molecule has 4 atom stereocenters. The molecule has 210 valence electrons. The van der Waals surface area contributed by atoms with Crippen LogP contribution in [0.15, 0.2) is 109 Å². The number of nitrogens with zero attached hydrogens (tertiary/aromatic N) is 4. The summed E-state index contributed by atoms with van der Waals surface area (Å²) in [6.45, 7) is 1.66. The van der Waals surface area contributed by atoms with Gasteiger partial charge in [0.1, 0.15) is 35.8 Å². The summed E-state index contributed by atoms with van der Waals surface area (Å²) in [5, 5.41) is 5.31. The van der Waals surface area contributed by atoms with Crippen molar-refractivity contribution >= 4 is 17.4 Å². The zero-order valence-electron chi connectivity index (χ0n) is 22.8. The van der Waals surface area contributed by atoms with Crippen molar-refractivity contribution in [2.75, 3.05) is 12.9 Å². The molecule has 3 aromatic carbocycles. The Morgan fingerprint density at radius 3 is 1.95 bits per heavy atom. The highest BCUT2D eigenvalue weighted by atomic mass is 32.2. The van der Waals surface area contributed by atoms with Gasteiger partial charge in [-0.2, -0.15) is 5.10 Å². The first kappa shape index (κ1) is 27.6. The fourth-order valence-corrected chi connectivity index (χ4v) is 5.51. The van der Waals surface area contributed by atoms with Gasteiger partial charge in [-0.05, 0) is 22.9 Å². The molecule has 0 amide bonds. The van der Waals surface area contributed by atoms with E-state index in [1.165, 1.54) is 11.8 Å². The third-order valence-corrected chi connectivity index (χ3v) is 7.73. The van der Waals surface area contributed by atoms with Crippen molar-refractivity contribution in [1.82, 2.24) is 19.6 Å². The summed E-state index contributed by atoms with van der Waals surface area (Å²) < 4.78 is 27.9. The van der Waals surface area contributed by atoms with Crippen LogP contribution in [-0.4, -0.2) is 50.8 Å². The van der Waals surface area contributed by atoms with E-state index in [0.29, 0.717) is 32.1 Å². The van der Waals surface area contributed by atoms with Crippen LogP contribution < -0.4 is 0 Å². The third-order valence-electron chi connectivity index (χ3n) is 7.06. The molecule has 3 heterocycles. The lowest BCUT2D eigenvalue weighted by Gasteiger charge is -2.25. The second-order valence-electron chi connectivity index (χ2n) is 9.81. The Morgan fingerprint density at radius 2 is 1.34 bits per heavy atom. The lowest BCUT2D eigenvalue weighted by atomic mass is 10.0. The number of benzene rings is 3. The molecule has 1 fully saturated rings. The number of ether oxygens (including phenoxy) is 4. The van der Waals surface area contributed by atoms with Crippen molar-refractivity contribution in [2.45, 2.75) is 49.3 Å². The molecule has 9 heteroatoms. The molecule has 0 aliphatic carbocycles. The molecule has 0 unspecified atom stereocenters. The van der Waals surface area contributed by atoms with E-state index >= 15 is 0 Å². The van der Waals surface area contributed by atoms with Crippen LogP contribution in [0.2, 0.25) is 0 Å². The normalized spacial score (nSPS) is 20.5. The molecule has 8 nitrogen and oxygen atoms in total. The topological polar surface area (TPSA) is 80.0 Å². The van der Waals surface area contributed by atoms with Gasteiger partial charge in [0.05, 0.1) is 38.3 Å². The van der Waals surface area contributed by atoms with Crippen LogP contribution in [0.5, 0.6) is 0 Å². The Hall–Kier alpha value is -3.60. The van der Waals surface area contributed by atoms with Gasteiger partial charge in [0.2, 0.25) is 0 Å². The number of aromatic nitrogens is 4. The molecule has 0 bridgehead atoms. The molecule has 1 aliphatic heterocycles. The predicted molar refractivity (Wildman–Crippen MR) is 156 cm³/mol. The van der Waals surface area contributed by atoms with Crippen molar-refractivity contribution in [1.29, 1.82) is 0 Å². The van der Waals surface area contributed by atoms with E-state index in [4.69, 9.17) is 18.9 Å². The maximum atomic E-state index is 6.72. The molecule has 0 radical (unpaired) electrons. The molecule has 1 saturated heterocycles. The molecule has 0 N–H and O–H groups in total. The number of thioether (sulfide) groups is 1. The largest absolute Gasteiger partial charge is 0.374 e. The lowest BCUT2D eigenvalue weighted by Crippen LogP contribution is -2.38. The summed E-state index contributed by atoms with van der Waals surface area (Å²) >= 11 is 1.53. The average molecular weight is 569 g/mol. The average Bonchev–Trinajstić information content (AvgIpc) is 3.61. The smallest absolute Gasteiger partial charge is 0.186 e. The second kappa shape index (κ2) is 13.4. The summed E-state index contributed by atoms with van der Waals surface area (Å²) in [7, 11) is 0. The predicted octanol–water partition coefficient (Wildman–Crippen LogP) is 5.67. The van der Waals surface area contributed by atoms with Gasteiger partial charge in [0.25, 0.3) is 0 Å². The van der Waals surface area contributed by atoms with Gasteiger partial charge in [0.15, 0.2) is 5.65 Å². The summed E-state index contributed by atoms with van der Waals surface area (Å²) in [6.07, 6.45) is 3.63. The van der Waals surface area contributed by atoms with E-state index in [1.54, 1.807) is 17.0 Å². The number of fused-ring (bicyclic) bond motifs is 1. The maximum Gasteiger partial charge on any atom is 0.186 e. The Morgan fingerprint density at radius 1 is 0.756 bits per heavy atom. The Balaban J connectivity index is 1.30. The van der Waals surface area contributed by atoms with E-state index in [9.17, 15) is 0 Å². The first-order chi connectivity index (χ1) is 20.3. The van der Waals surface area contributed by atoms with Crippen LogP contribution in [0.1, 0.15) is 28.5 Å². The van der Waals surface area contributed by atoms with Crippen molar-refractivity contribution in [2.24, 2.45) is 0 Å². The highest BCUT2D eigenvalue weighted by Crippen LogP contribution is 2.39. The van der Waals surface area contributed by atoms with Crippen LogP contribution in [0.25, 0.3) is 5.65 Å². The number of rotatable bonds is 12. The van der Waals surface area contributed by atoms with Crippen molar-refractivity contribution < 1.29 is 18.9 Å². The second-order valence-corrected chi connectivity index (χ2v) is 10.6. The fourth-order valence-electron chi connectivity index (χ4n) is 5.04. The number of imidazole rings is 1. The van der Waals surface area contributed by atoms with E-state index in [0.717, 1.165) is 27.4 Å². The highest BCUT2D eigenvalue weighted by Gasteiger charge is 2.48. The van der Waals surface area contributed by atoms with Crippen molar-refractivity contribution in [3.63, 3.8) is 0 Å². The molecular weight excluding hydrogens is 536 g/mol. The first-order valence-corrected chi connectivity index (χ1v) is 14.8.